The van der Waals surface area contributed by atoms with Crippen molar-refractivity contribution in [1.82, 2.24) is 10.3 Å². The number of rotatable bonds is 2. The highest BCUT2D eigenvalue weighted by Gasteiger charge is 2.35. The summed E-state index contributed by atoms with van der Waals surface area (Å²) in [5.74, 6) is 0.210. The molecule has 20 heavy (non-hydrogen) atoms. The second kappa shape index (κ2) is 4.62. The molecule has 0 bridgehead atoms. The van der Waals surface area contributed by atoms with Crippen LogP contribution in [0.4, 0.5) is 0 Å². The van der Waals surface area contributed by atoms with Crippen LogP contribution in [0.2, 0.25) is 0 Å². The van der Waals surface area contributed by atoms with Crippen molar-refractivity contribution in [2.24, 2.45) is 5.41 Å². The number of aromatic nitrogens is 1. The smallest absolute Gasteiger partial charge is 0.287 e. The van der Waals surface area contributed by atoms with Gasteiger partial charge in [-0.25, -0.2) is 4.98 Å². The molecule has 1 atom stereocenters. The molecule has 0 aromatic carbocycles. The van der Waals surface area contributed by atoms with E-state index in [4.69, 9.17) is 4.42 Å². The number of nitrogens with one attached hydrogen (secondary N) is 1. The lowest BCUT2D eigenvalue weighted by atomic mass is 9.87. The first-order valence-electron chi connectivity index (χ1n) is 7.14. The molecule has 0 aliphatic heterocycles. The van der Waals surface area contributed by atoms with Gasteiger partial charge in [-0.05, 0) is 37.3 Å². The third kappa shape index (κ3) is 2.30. The lowest BCUT2D eigenvalue weighted by molar-refractivity contribution is 0.0884. The summed E-state index contributed by atoms with van der Waals surface area (Å²) in [7, 11) is 0. The van der Waals surface area contributed by atoms with Crippen molar-refractivity contribution in [3.05, 3.63) is 29.7 Å². The number of carbonyl (C=O) groups excluding carboxylic acids is 1. The number of furan rings is 1. The molecular formula is C16H20N2O2. The third-order valence-electron chi connectivity index (χ3n) is 4.30. The molecule has 1 fully saturated rings. The minimum atomic E-state index is -0.138. The summed E-state index contributed by atoms with van der Waals surface area (Å²) in [5, 5.41) is 3.10. The van der Waals surface area contributed by atoms with E-state index in [1.807, 2.05) is 19.1 Å². The molecule has 4 nitrogen and oxygen atoms in total. The summed E-state index contributed by atoms with van der Waals surface area (Å²) in [5.41, 5.74) is 2.48. The van der Waals surface area contributed by atoms with Crippen LogP contribution in [0.1, 0.15) is 49.4 Å². The monoisotopic (exact) mass is 272 g/mol. The van der Waals surface area contributed by atoms with Crippen LogP contribution in [-0.2, 0) is 0 Å². The van der Waals surface area contributed by atoms with Crippen LogP contribution in [0.25, 0.3) is 11.1 Å². The van der Waals surface area contributed by atoms with E-state index in [9.17, 15) is 4.79 Å². The largest absolute Gasteiger partial charge is 0.449 e. The minimum absolute atomic E-state index is 0.138. The van der Waals surface area contributed by atoms with E-state index in [1.54, 1.807) is 6.07 Å². The molecule has 1 N–H and O–H groups in total. The third-order valence-corrected chi connectivity index (χ3v) is 4.30. The molecule has 1 aliphatic carbocycles. The van der Waals surface area contributed by atoms with E-state index in [0.29, 0.717) is 11.3 Å². The summed E-state index contributed by atoms with van der Waals surface area (Å²) in [6.07, 6.45) is 3.36. The second-order valence-electron chi connectivity index (χ2n) is 6.35. The van der Waals surface area contributed by atoms with Crippen molar-refractivity contribution in [3.8, 4) is 0 Å². The summed E-state index contributed by atoms with van der Waals surface area (Å²) >= 11 is 0. The summed E-state index contributed by atoms with van der Waals surface area (Å²) in [6.45, 7) is 6.33. The number of pyridine rings is 1. The average molecular weight is 272 g/mol. The zero-order valence-electron chi connectivity index (χ0n) is 12.2. The topological polar surface area (TPSA) is 55.1 Å². The Morgan fingerprint density at radius 2 is 2.25 bits per heavy atom. The van der Waals surface area contributed by atoms with Crippen LogP contribution in [0.15, 0.2) is 22.6 Å². The van der Waals surface area contributed by atoms with E-state index in [-0.39, 0.29) is 17.4 Å². The molecular weight excluding hydrogens is 252 g/mol. The molecule has 1 amide bonds. The van der Waals surface area contributed by atoms with Crippen molar-refractivity contribution < 1.29 is 9.21 Å². The molecule has 0 radical (unpaired) electrons. The Hall–Kier alpha value is -1.84. The molecule has 2 aromatic rings. The van der Waals surface area contributed by atoms with Crippen molar-refractivity contribution in [3.63, 3.8) is 0 Å². The Bertz CT molecular complexity index is 658. The Kier molecular flexibility index (Phi) is 3.04. The lowest BCUT2D eigenvalue weighted by Crippen LogP contribution is -2.41. The first-order chi connectivity index (χ1) is 9.45. The fourth-order valence-electron chi connectivity index (χ4n) is 2.96. The molecule has 4 heteroatoms. The van der Waals surface area contributed by atoms with Gasteiger partial charge in [0.1, 0.15) is 5.52 Å². The Morgan fingerprint density at radius 3 is 2.95 bits per heavy atom. The standard InChI is InChI=1S/C16H20N2O2/c1-10-6-7-12-11(17-10)9-13(20-12)15(19)18-14-5-4-8-16(14,2)3/h6-7,9,14H,4-5,8H2,1-3H3,(H,18,19). The SMILES string of the molecule is Cc1ccc2oc(C(=O)NC3CCCC3(C)C)cc2n1. The molecule has 0 saturated heterocycles. The van der Waals surface area contributed by atoms with Crippen LogP contribution in [0.5, 0.6) is 0 Å². The Balaban J connectivity index is 1.82. The predicted octanol–water partition coefficient (Wildman–Crippen LogP) is 3.44. The number of amides is 1. The molecule has 0 spiro atoms. The van der Waals surface area contributed by atoms with Gasteiger partial charge in [0.2, 0.25) is 0 Å². The number of nitrogens with zero attached hydrogens (tertiary/aromatic N) is 1. The average Bonchev–Trinajstić information content (AvgIpc) is 2.93. The Labute approximate surface area is 118 Å². The zero-order valence-corrected chi connectivity index (χ0v) is 12.2. The van der Waals surface area contributed by atoms with Crippen LogP contribution in [0, 0.1) is 12.3 Å². The number of aryl methyl sites for hydroxylation is 1. The van der Waals surface area contributed by atoms with Gasteiger partial charge in [-0.3, -0.25) is 4.79 Å². The predicted molar refractivity (Wildman–Crippen MR) is 77.6 cm³/mol. The number of hydrogen-bond acceptors (Lipinski definition) is 3. The molecule has 1 saturated carbocycles. The number of carbonyl (C=O) groups is 1. The first kappa shape index (κ1) is 13.2. The highest BCUT2D eigenvalue weighted by atomic mass is 16.3. The van der Waals surface area contributed by atoms with Crippen molar-refractivity contribution in [2.75, 3.05) is 0 Å². The van der Waals surface area contributed by atoms with Gasteiger partial charge in [0.25, 0.3) is 5.91 Å². The fraction of sp³-hybridized carbons (Fsp3) is 0.500. The van der Waals surface area contributed by atoms with E-state index in [2.05, 4.69) is 24.1 Å². The molecule has 1 aliphatic rings. The van der Waals surface area contributed by atoms with Crippen LogP contribution in [-0.4, -0.2) is 16.9 Å². The minimum Gasteiger partial charge on any atom is -0.449 e. The maximum Gasteiger partial charge on any atom is 0.287 e. The van der Waals surface area contributed by atoms with Crippen molar-refractivity contribution in [2.45, 2.75) is 46.1 Å². The van der Waals surface area contributed by atoms with Gasteiger partial charge in [0.15, 0.2) is 11.3 Å². The van der Waals surface area contributed by atoms with E-state index in [0.717, 1.165) is 24.1 Å². The van der Waals surface area contributed by atoms with Gasteiger partial charge < -0.3 is 9.73 Å². The van der Waals surface area contributed by atoms with E-state index in [1.165, 1.54) is 6.42 Å². The van der Waals surface area contributed by atoms with Gasteiger partial charge in [-0.1, -0.05) is 20.3 Å². The van der Waals surface area contributed by atoms with Gasteiger partial charge in [0.05, 0.1) is 0 Å². The summed E-state index contributed by atoms with van der Waals surface area (Å²) in [4.78, 5) is 16.7. The molecule has 106 valence electrons. The van der Waals surface area contributed by atoms with Crippen LogP contribution in [0.3, 0.4) is 0 Å². The van der Waals surface area contributed by atoms with E-state index < -0.39 is 0 Å². The van der Waals surface area contributed by atoms with Gasteiger partial charge in [-0.2, -0.15) is 0 Å². The van der Waals surface area contributed by atoms with Gasteiger partial charge in [0, 0.05) is 17.8 Å². The normalized spacial score (nSPS) is 21.2. The summed E-state index contributed by atoms with van der Waals surface area (Å²) in [6, 6.07) is 5.68. The zero-order chi connectivity index (χ0) is 14.3. The van der Waals surface area contributed by atoms with Crippen molar-refractivity contribution in [1.29, 1.82) is 0 Å². The molecule has 1 unspecified atom stereocenters. The maximum absolute atomic E-state index is 12.3. The first-order valence-corrected chi connectivity index (χ1v) is 7.14. The maximum atomic E-state index is 12.3. The van der Waals surface area contributed by atoms with E-state index >= 15 is 0 Å². The number of hydrogen-bond donors (Lipinski definition) is 1. The van der Waals surface area contributed by atoms with Crippen LogP contribution >= 0.6 is 0 Å². The van der Waals surface area contributed by atoms with Crippen molar-refractivity contribution >= 4 is 17.0 Å². The number of fused-ring (bicyclic) bond motifs is 1. The summed E-state index contributed by atoms with van der Waals surface area (Å²) < 4.78 is 5.59. The molecule has 3 rings (SSSR count). The van der Waals surface area contributed by atoms with Gasteiger partial charge in [-0.15, -0.1) is 0 Å². The quantitative estimate of drug-likeness (QED) is 0.911. The molecule has 2 aromatic heterocycles. The van der Waals surface area contributed by atoms with Gasteiger partial charge >= 0.3 is 0 Å². The molecule has 2 heterocycles. The highest BCUT2D eigenvalue weighted by molar-refractivity contribution is 5.95. The Morgan fingerprint density at radius 1 is 1.45 bits per heavy atom. The fourth-order valence-corrected chi connectivity index (χ4v) is 2.96. The second-order valence-corrected chi connectivity index (χ2v) is 6.35. The van der Waals surface area contributed by atoms with Crippen LogP contribution < -0.4 is 5.32 Å². The highest BCUT2D eigenvalue weighted by Crippen LogP contribution is 2.37. The lowest BCUT2D eigenvalue weighted by Gasteiger charge is -2.27.